The van der Waals surface area contributed by atoms with Crippen molar-refractivity contribution in [1.29, 1.82) is 0 Å². The van der Waals surface area contributed by atoms with Crippen LogP contribution >= 0.6 is 11.3 Å². The molecule has 0 amide bonds. The van der Waals surface area contributed by atoms with Gasteiger partial charge < -0.3 is 9.64 Å². The Bertz CT molecular complexity index is 545. The zero-order chi connectivity index (χ0) is 16.6. The maximum atomic E-state index is 6.40. The molecular formula is C19H31N3OS. The van der Waals surface area contributed by atoms with Gasteiger partial charge in [-0.05, 0) is 45.4 Å². The summed E-state index contributed by atoms with van der Waals surface area (Å²) in [6.45, 7) is 11.5. The Morgan fingerprint density at radius 3 is 2.54 bits per heavy atom. The quantitative estimate of drug-likeness (QED) is 0.834. The van der Waals surface area contributed by atoms with Gasteiger partial charge in [-0.15, -0.1) is 11.3 Å². The van der Waals surface area contributed by atoms with E-state index >= 15 is 0 Å². The number of piperidine rings is 1. The minimum Gasteiger partial charge on any atom is -0.373 e. The number of nitrogens with zero attached hydrogens (tertiary/aromatic N) is 3. The van der Waals surface area contributed by atoms with Gasteiger partial charge in [0, 0.05) is 61.6 Å². The molecule has 0 unspecified atom stereocenters. The van der Waals surface area contributed by atoms with E-state index in [4.69, 9.17) is 4.74 Å². The molecule has 0 aliphatic carbocycles. The van der Waals surface area contributed by atoms with E-state index in [9.17, 15) is 0 Å². The first kappa shape index (κ1) is 17.0. The summed E-state index contributed by atoms with van der Waals surface area (Å²) in [4.78, 5) is 10.7. The van der Waals surface area contributed by atoms with Crippen LogP contribution in [-0.4, -0.2) is 79.3 Å². The first-order valence-electron chi connectivity index (χ1n) is 9.46. The van der Waals surface area contributed by atoms with E-state index in [-0.39, 0.29) is 5.60 Å². The maximum Gasteiger partial charge on any atom is 0.0723 e. The first-order valence-corrected chi connectivity index (χ1v) is 10.3. The minimum atomic E-state index is 0.176. The number of rotatable bonds is 3. The van der Waals surface area contributed by atoms with Crippen molar-refractivity contribution < 1.29 is 4.74 Å². The zero-order valence-electron chi connectivity index (χ0n) is 15.2. The van der Waals surface area contributed by atoms with Crippen LogP contribution in [0.15, 0.2) is 12.1 Å². The van der Waals surface area contributed by atoms with Crippen LogP contribution < -0.4 is 0 Å². The monoisotopic (exact) mass is 349 g/mol. The molecule has 0 bridgehead atoms. The largest absolute Gasteiger partial charge is 0.373 e. The van der Waals surface area contributed by atoms with Gasteiger partial charge in [-0.1, -0.05) is 0 Å². The number of likely N-dealkylation sites (N-methyl/N-ethyl adjacent to an activating group) is 1. The summed E-state index contributed by atoms with van der Waals surface area (Å²) in [6.07, 6.45) is 3.67. The molecule has 3 aliphatic rings. The molecule has 5 heteroatoms. The maximum absolute atomic E-state index is 6.40. The average molecular weight is 350 g/mol. The molecule has 4 heterocycles. The van der Waals surface area contributed by atoms with Crippen molar-refractivity contribution >= 4 is 11.3 Å². The fraction of sp³-hybridized carbons (Fsp3) is 0.789. The molecule has 24 heavy (non-hydrogen) atoms. The lowest BCUT2D eigenvalue weighted by molar-refractivity contribution is -0.0453. The second-order valence-corrected chi connectivity index (χ2v) is 9.35. The zero-order valence-corrected chi connectivity index (χ0v) is 16.0. The number of piperazine rings is 1. The second-order valence-electron chi connectivity index (χ2n) is 7.98. The molecule has 134 valence electrons. The highest BCUT2D eigenvalue weighted by molar-refractivity contribution is 7.11. The van der Waals surface area contributed by atoms with Crippen LogP contribution in [0.25, 0.3) is 0 Å². The van der Waals surface area contributed by atoms with Gasteiger partial charge in [0.25, 0.3) is 0 Å². The highest BCUT2D eigenvalue weighted by Crippen LogP contribution is 2.38. The number of hydrogen-bond donors (Lipinski definition) is 0. The minimum absolute atomic E-state index is 0.176. The smallest absolute Gasteiger partial charge is 0.0723 e. The Morgan fingerprint density at radius 1 is 1.12 bits per heavy atom. The molecule has 3 aliphatic heterocycles. The van der Waals surface area contributed by atoms with Crippen molar-refractivity contribution in [3.8, 4) is 0 Å². The molecule has 4 rings (SSSR count). The molecule has 1 aromatic rings. The Balaban J connectivity index is 1.27. The van der Waals surface area contributed by atoms with Crippen molar-refractivity contribution in [2.24, 2.45) is 0 Å². The molecule has 0 saturated carbocycles. The third kappa shape index (κ3) is 3.70. The van der Waals surface area contributed by atoms with Crippen molar-refractivity contribution in [2.75, 3.05) is 52.9 Å². The number of aryl methyl sites for hydroxylation is 1. The van der Waals surface area contributed by atoms with Crippen molar-refractivity contribution in [1.82, 2.24) is 14.7 Å². The van der Waals surface area contributed by atoms with Gasteiger partial charge in [-0.3, -0.25) is 9.80 Å². The van der Waals surface area contributed by atoms with E-state index in [1.165, 1.54) is 68.3 Å². The van der Waals surface area contributed by atoms with E-state index in [1.54, 1.807) is 0 Å². The molecule has 1 aromatic heterocycles. The fourth-order valence-electron chi connectivity index (χ4n) is 4.50. The third-order valence-corrected chi connectivity index (χ3v) is 7.17. The molecule has 0 N–H and O–H groups in total. The summed E-state index contributed by atoms with van der Waals surface area (Å²) in [5.41, 5.74) is 0.176. The van der Waals surface area contributed by atoms with Crippen LogP contribution in [0, 0.1) is 6.92 Å². The lowest BCUT2D eigenvalue weighted by Gasteiger charge is -2.39. The van der Waals surface area contributed by atoms with E-state index in [1.807, 2.05) is 11.3 Å². The van der Waals surface area contributed by atoms with Crippen LogP contribution in [0.2, 0.25) is 0 Å². The predicted molar refractivity (Wildman–Crippen MR) is 99.7 cm³/mol. The number of thiophene rings is 1. The van der Waals surface area contributed by atoms with Gasteiger partial charge in [-0.2, -0.15) is 0 Å². The summed E-state index contributed by atoms with van der Waals surface area (Å²) in [7, 11) is 2.23. The Hall–Kier alpha value is -0.460. The average Bonchev–Trinajstić information content (AvgIpc) is 3.18. The molecule has 1 spiro atoms. The van der Waals surface area contributed by atoms with E-state index in [0.29, 0.717) is 6.04 Å². The van der Waals surface area contributed by atoms with Gasteiger partial charge in [0.05, 0.1) is 12.2 Å². The predicted octanol–water partition coefficient (Wildman–Crippen LogP) is 2.43. The molecule has 1 atom stereocenters. The second kappa shape index (κ2) is 7.04. The topological polar surface area (TPSA) is 19.0 Å². The van der Waals surface area contributed by atoms with Gasteiger partial charge >= 0.3 is 0 Å². The van der Waals surface area contributed by atoms with Crippen molar-refractivity contribution in [3.63, 3.8) is 0 Å². The molecule has 4 nitrogen and oxygen atoms in total. The normalized spacial score (nSPS) is 29.5. The van der Waals surface area contributed by atoms with Crippen molar-refractivity contribution in [3.05, 3.63) is 21.9 Å². The Kier molecular flexibility index (Phi) is 4.98. The lowest BCUT2D eigenvalue weighted by atomic mass is 9.87. The standard InChI is InChI=1S/C19H31N3OS/c1-16-3-4-18(24-16)14-21-7-5-19(6-8-21)13-17(15-23-19)22-11-9-20(2)10-12-22/h3-4,17H,5-15H2,1-2H3/t17-/m1/s1. The van der Waals surface area contributed by atoms with E-state index in [2.05, 4.69) is 40.8 Å². The summed E-state index contributed by atoms with van der Waals surface area (Å²) < 4.78 is 6.40. The highest BCUT2D eigenvalue weighted by Gasteiger charge is 2.44. The SMILES string of the molecule is Cc1ccc(CN2CCC3(CC2)C[C@@H](N2CCN(C)CC2)CO3)s1. The van der Waals surface area contributed by atoms with Crippen LogP contribution in [-0.2, 0) is 11.3 Å². The van der Waals surface area contributed by atoms with E-state index < -0.39 is 0 Å². The highest BCUT2D eigenvalue weighted by atomic mass is 32.1. The summed E-state index contributed by atoms with van der Waals surface area (Å²) in [5, 5.41) is 0. The summed E-state index contributed by atoms with van der Waals surface area (Å²) in [5.74, 6) is 0. The molecule has 0 aromatic carbocycles. The molecular weight excluding hydrogens is 318 g/mol. The van der Waals surface area contributed by atoms with Gasteiger partial charge in [-0.25, -0.2) is 0 Å². The fourth-order valence-corrected chi connectivity index (χ4v) is 5.43. The van der Waals surface area contributed by atoms with Gasteiger partial charge in [0.2, 0.25) is 0 Å². The first-order chi connectivity index (χ1) is 11.6. The van der Waals surface area contributed by atoms with Gasteiger partial charge in [0.1, 0.15) is 0 Å². The number of likely N-dealkylation sites (tertiary alicyclic amines) is 1. The third-order valence-electron chi connectivity index (χ3n) is 6.19. The Morgan fingerprint density at radius 2 is 1.88 bits per heavy atom. The van der Waals surface area contributed by atoms with Crippen LogP contribution in [0.5, 0.6) is 0 Å². The Labute approximate surface area is 150 Å². The summed E-state index contributed by atoms with van der Waals surface area (Å²) in [6, 6.07) is 5.19. The van der Waals surface area contributed by atoms with E-state index in [0.717, 1.165) is 13.2 Å². The molecule has 3 fully saturated rings. The van der Waals surface area contributed by atoms with Crippen LogP contribution in [0.4, 0.5) is 0 Å². The number of hydrogen-bond acceptors (Lipinski definition) is 5. The van der Waals surface area contributed by atoms with Gasteiger partial charge in [0.15, 0.2) is 0 Å². The van der Waals surface area contributed by atoms with Crippen molar-refractivity contribution in [2.45, 2.75) is 44.4 Å². The lowest BCUT2D eigenvalue weighted by Crippen LogP contribution is -2.50. The summed E-state index contributed by atoms with van der Waals surface area (Å²) >= 11 is 1.94. The van der Waals surface area contributed by atoms with Crippen LogP contribution in [0.1, 0.15) is 29.0 Å². The molecule has 3 saturated heterocycles. The molecule has 0 radical (unpaired) electrons. The van der Waals surface area contributed by atoms with Crippen LogP contribution in [0.3, 0.4) is 0 Å². The number of ether oxygens (including phenoxy) is 1.